The van der Waals surface area contributed by atoms with Crippen molar-refractivity contribution in [2.45, 2.75) is 25.8 Å². The lowest BCUT2D eigenvalue weighted by Gasteiger charge is -2.22. The van der Waals surface area contributed by atoms with E-state index in [9.17, 15) is 5.11 Å². The van der Waals surface area contributed by atoms with Crippen LogP contribution in [0.4, 0.5) is 5.82 Å². The van der Waals surface area contributed by atoms with E-state index in [0.717, 1.165) is 30.9 Å². The first kappa shape index (κ1) is 14.3. The maximum Gasteiger partial charge on any atom is 0.195 e. The van der Waals surface area contributed by atoms with Crippen molar-refractivity contribution in [3.63, 3.8) is 0 Å². The molecule has 3 heterocycles. The monoisotopic (exact) mass is 329 g/mol. The second kappa shape index (κ2) is 5.38. The molecule has 1 saturated heterocycles. The lowest BCUT2D eigenvalue weighted by Crippen LogP contribution is -2.28. The van der Waals surface area contributed by atoms with Crippen LogP contribution in [0, 0.1) is 0 Å². The van der Waals surface area contributed by atoms with Crippen LogP contribution in [0.25, 0.3) is 17.0 Å². The quantitative estimate of drug-likeness (QED) is 0.782. The number of phenols is 1. The molecule has 0 saturated carbocycles. The molecule has 1 aromatic carbocycles. The molecule has 0 aliphatic carbocycles. The van der Waals surface area contributed by atoms with E-state index in [1.165, 1.54) is 6.07 Å². The van der Waals surface area contributed by atoms with Crippen LogP contribution in [0.3, 0.4) is 0 Å². The molecule has 1 aliphatic rings. The molecule has 0 bridgehead atoms. The molecule has 1 atom stereocenters. The summed E-state index contributed by atoms with van der Waals surface area (Å²) in [7, 11) is 0. The zero-order chi connectivity index (χ0) is 16.0. The van der Waals surface area contributed by atoms with E-state index >= 15 is 0 Å². The highest BCUT2D eigenvalue weighted by Crippen LogP contribution is 2.33. The molecular formula is C16H16ClN5O. The van der Waals surface area contributed by atoms with Crippen molar-refractivity contribution in [3.05, 3.63) is 35.6 Å². The van der Waals surface area contributed by atoms with E-state index in [4.69, 9.17) is 11.6 Å². The molecule has 2 aromatic heterocycles. The molecule has 7 heteroatoms. The molecular weight excluding hydrogens is 314 g/mol. The van der Waals surface area contributed by atoms with Crippen molar-refractivity contribution in [3.8, 4) is 17.1 Å². The first-order valence-electron chi connectivity index (χ1n) is 7.60. The lowest BCUT2D eigenvalue weighted by molar-refractivity contribution is 0.476. The summed E-state index contributed by atoms with van der Waals surface area (Å²) in [6.45, 7) is 3.15. The summed E-state index contributed by atoms with van der Waals surface area (Å²) in [4.78, 5) is 6.68. The number of hydrogen-bond acceptors (Lipinski definition) is 5. The van der Waals surface area contributed by atoms with Crippen LogP contribution in [-0.2, 0) is 0 Å². The van der Waals surface area contributed by atoms with Gasteiger partial charge in [-0.2, -0.15) is 0 Å². The van der Waals surface area contributed by atoms with Crippen molar-refractivity contribution >= 4 is 23.1 Å². The number of aromatic nitrogens is 4. The van der Waals surface area contributed by atoms with E-state index in [1.807, 2.05) is 10.6 Å². The van der Waals surface area contributed by atoms with E-state index in [-0.39, 0.29) is 5.75 Å². The fourth-order valence-corrected chi connectivity index (χ4v) is 3.31. The number of hydrogen-bond donors (Lipinski definition) is 1. The van der Waals surface area contributed by atoms with Crippen LogP contribution in [0.5, 0.6) is 5.75 Å². The van der Waals surface area contributed by atoms with Crippen LogP contribution in [0.2, 0.25) is 5.02 Å². The first-order valence-corrected chi connectivity index (χ1v) is 7.98. The second-order valence-electron chi connectivity index (χ2n) is 5.81. The molecule has 23 heavy (non-hydrogen) atoms. The van der Waals surface area contributed by atoms with Gasteiger partial charge in [-0.25, -0.2) is 4.98 Å². The van der Waals surface area contributed by atoms with Crippen LogP contribution >= 0.6 is 11.6 Å². The average molecular weight is 330 g/mol. The summed E-state index contributed by atoms with van der Waals surface area (Å²) < 4.78 is 1.86. The van der Waals surface area contributed by atoms with E-state index in [1.54, 1.807) is 18.3 Å². The van der Waals surface area contributed by atoms with Crippen molar-refractivity contribution in [1.82, 2.24) is 19.6 Å². The summed E-state index contributed by atoms with van der Waals surface area (Å²) in [5, 5.41) is 19.4. The van der Waals surface area contributed by atoms with Gasteiger partial charge in [0.25, 0.3) is 0 Å². The van der Waals surface area contributed by atoms with Crippen LogP contribution in [0.1, 0.15) is 19.8 Å². The molecule has 4 rings (SSSR count). The average Bonchev–Trinajstić information content (AvgIpc) is 3.16. The number of phenolic OH excluding ortho intramolecular Hbond substituents is 1. The van der Waals surface area contributed by atoms with Gasteiger partial charge in [-0.05, 0) is 38.0 Å². The molecule has 3 aromatic rings. The predicted molar refractivity (Wildman–Crippen MR) is 88.9 cm³/mol. The van der Waals surface area contributed by atoms with Gasteiger partial charge in [-0.1, -0.05) is 11.6 Å². The minimum Gasteiger partial charge on any atom is -0.507 e. The zero-order valence-electron chi connectivity index (χ0n) is 12.6. The number of benzene rings is 1. The molecule has 0 amide bonds. The number of halogens is 1. The topological polar surface area (TPSA) is 66.5 Å². The summed E-state index contributed by atoms with van der Waals surface area (Å²) >= 11 is 5.91. The Hall–Kier alpha value is -2.34. The number of fused-ring (bicyclic) bond motifs is 1. The van der Waals surface area contributed by atoms with Crippen molar-refractivity contribution in [2.24, 2.45) is 0 Å². The Balaban J connectivity index is 1.89. The maximum atomic E-state index is 10.2. The molecule has 0 spiro atoms. The Morgan fingerprint density at radius 3 is 2.91 bits per heavy atom. The number of anilines is 1. The SMILES string of the molecule is CC1CCCN1c1nnc(-c2ccc(Cl)cc2O)n2ccnc12. The smallest absolute Gasteiger partial charge is 0.195 e. The lowest BCUT2D eigenvalue weighted by atomic mass is 10.2. The largest absolute Gasteiger partial charge is 0.507 e. The zero-order valence-corrected chi connectivity index (χ0v) is 13.4. The number of nitrogens with zero attached hydrogens (tertiary/aromatic N) is 5. The maximum absolute atomic E-state index is 10.2. The molecule has 118 valence electrons. The van der Waals surface area contributed by atoms with Gasteiger partial charge in [0.1, 0.15) is 5.75 Å². The van der Waals surface area contributed by atoms with Crippen LogP contribution in [0.15, 0.2) is 30.6 Å². The molecule has 1 N–H and O–H groups in total. The fraction of sp³-hybridized carbons (Fsp3) is 0.312. The molecule has 1 unspecified atom stereocenters. The van der Waals surface area contributed by atoms with Gasteiger partial charge in [-0.3, -0.25) is 4.40 Å². The van der Waals surface area contributed by atoms with E-state index in [0.29, 0.717) is 22.5 Å². The van der Waals surface area contributed by atoms with Gasteiger partial charge in [0, 0.05) is 30.0 Å². The highest BCUT2D eigenvalue weighted by Gasteiger charge is 2.25. The minimum atomic E-state index is 0.0732. The third-order valence-electron chi connectivity index (χ3n) is 4.33. The summed E-state index contributed by atoms with van der Waals surface area (Å²) in [6.07, 6.45) is 5.85. The highest BCUT2D eigenvalue weighted by molar-refractivity contribution is 6.30. The van der Waals surface area contributed by atoms with Crippen molar-refractivity contribution < 1.29 is 5.11 Å². The van der Waals surface area contributed by atoms with Crippen molar-refractivity contribution in [2.75, 3.05) is 11.4 Å². The van der Waals surface area contributed by atoms with E-state index < -0.39 is 0 Å². The summed E-state index contributed by atoms with van der Waals surface area (Å²) in [6, 6.07) is 5.38. The molecule has 6 nitrogen and oxygen atoms in total. The third kappa shape index (κ3) is 2.30. The van der Waals surface area contributed by atoms with Gasteiger partial charge < -0.3 is 10.0 Å². The van der Waals surface area contributed by atoms with Gasteiger partial charge in [0.15, 0.2) is 17.3 Å². The molecule has 1 aliphatic heterocycles. The number of rotatable bonds is 2. The summed E-state index contributed by atoms with van der Waals surface area (Å²) in [5.41, 5.74) is 1.32. The number of imidazole rings is 1. The third-order valence-corrected chi connectivity index (χ3v) is 4.57. The Labute approximate surface area is 138 Å². The standard InChI is InChI=1S/C16H16ClN5O/c1-10-3-2-7-21(10)16-15-18-6-8-22(15)14(19-20-16)12-5-4-11(17)9-13(12)23/h4-6,8-10,23H,2-3,7H2,1H3. The summed E-state index contributed by atoms with van der Waals surface area (Å²) in [5.74, 6) is 1.41. The van der Waals surface area contributed by atoms with Gasteiger partial charge >= 0.3 is 0 Å². The van der Waals surface area contributed by atoms with Crippen LogP contribution in [-0.4, -0.2) is 37.3 Å². The highest BCUT2D eigenvalue weighted by atomic mass is 35.5. The second-order valence-corrected chi connectivity index (χ2v) is 6.25. The Kier molecular flexibility index (Phi) is 3.34. The Morgan fingerprint density at radius 1 is 1.30 bits per heavy atom. The Morgan fingerprint density at radius 2 is 2.17 bits per heavy atom. The molecule has 0 radical (unpaired) electrons. The van der Waals surface area contributed by atoms with Crippen LogP contribution < -0.4 is 4.90 Å². The minimum absolute atomic E-state index is 0.0732. The molecule has 1 fully saturated rings. The van der Waals surface area contributed by atoms with Crippen molar-refractivity contribution in [1.29, 1.82) is 0 Å². The van der Waals surface area contributed by atoms with Gasteiger partial charge in [-0.15, -0.1) is 10.2 Å². The van der Waals surface area contributed by atoms with E-state index in [2.05, 4.69) is 27.0 Å². The normalized spacial score (nSPS) is 18.0. The van der Waals surface area contributed by atoms with Gasteiger partial charge in [0.2, 0.25) is 0 Å². The van der Waals surface area contributed by atoms with Gasteiger partial charge in [0.05, 0.1) is 5.56 Å². The fourth-order valence-electron chi connectivity index (χ4n) is 3.14. The first-order chi connectivity index (χ1) is 11.1. The number of aromatic hydroxyl groups is 1. The predicted octanol–water partition coefficient (Wildman–Crippen LogP) is 3.14. The Bertz CT molecular complexity index is 878.